The Morgan fingerprint density at radius 1 is 0.880 bits per heavy atom. The van der Waals surface area contributed by atoms with Crippen molar-refractivity contribution in [3.05, 3.63) is 99.9 Å². The summed E-state index contributed by atoms with van der Waals surface area (Å²) in [7, 11) is 0. The summed E-state index contributed by atoms with van der Waals surface area (Å²) in [4.78, 5) is 108. The Morgan fingerprint density at radius 2 is 1.60 bits per heavy atom. The van der Waals surface area contributed by atoms with E-state index in [1.54, 1.807) is 44.4 Å². The number of benzene rings is 2. The zero-order valence-corrected chi connectivity index (χ0v) is 45.2. The number of ether oxygens (including phenoxy) is 1. The molecule has 1 saturated heterocycles. The zero-order valence-electron chi connectivity index (χ0n) is 44.4. The number of rotatable bonds is 19. The van der Waals surface area contributed by atoms with E-state index in [0.29, 0.717) is 43.5 Å². The van der Waals surface area contributed by atoms with Gasteiger partial charge in [-0.1, -0.05) is 75.7 Å². The van der Waals surface area contributed by atoms with Crippen molar-refractivity contribution in [1.82, 2.24) is 36.1 Å². The fourth-order valence-electron chi connectivity index (χ4n) is 10.1. The monoisotopic (exact) mass is 1050 g/mol. The number of alkyl carbamates (subject to hydrolysis) is 1. The van der Waals surface area contributed by atoms with Crippen LogP contribution in [0.3, 0.4) is 0 Å². The van der Waals surface area contributed by atoms with E-state index < -0.39 is 77.1 Å². The number of unbranched alkanes of at least 4 members (excludes halogenated alkanes) is 2. The molecule has 18 nitrogen and oxygen atoms in total. The summed E-state index contributed by atoms with van der Waals surface area (Å²) in [6, 6.07) is 12.6. The number of nitrogens with two attached hydrogens (primary N) is 1. The highest BCUT2D eigenvalue weighted by atomic mass is 32.1. The number of amides is 7. The first-order valence-electron chi connectivity index (χ1n) is 26.0. The molecule has 2 aromatic carbocycles. The van der Waals surface area contributed by atoms with Crippen LogP contribution < -0.4 is 31.9 Å². The van der Waals surface area contributed by atoms with Crippen molar-refractivity contribution in [2.75, 3.05) is 11.4 Å². The number of primary amides is 1. The van der Waals surface area contributed by atoms with Gasteiger partial charge in [0.15, 0.2) is 0 Å². The molecule has 1 fully saturated rings. The molecule has 3 aliphatic rings. The van der Waals surface area contributed by atoms with E-state index in [1.165, 1.54) is 9.80 Å². The number of aliphatic hydroxyl groups excluding tert-OH is 1. The fourth-order valence-corrected chi connectivity index (χ4v) is 10.9. The molecule has 7 N–H and O–H groups in total. The predicted octanol–water partition coefficient (Wildman–Crippen LogP) is 6.21. The molecule has 19 heteroatoms. The lowest BCUT2D eigenvalue weighted by molar-refractivity contribution is -0.144. The number of hydrogen-bond acceptors (Lipinski definition) is 12. The number of aromatic nitrogens is 2. The standard InChI is InChI=1S/C56H73N9O9S/c1-32(35-18-20-37(21-19-35)48-33(2)59-31-75-48)60-50(69)43-28-39(66)30-64(43)53(72)49(55(3,4)5)63-46(68)16-11-9-10-13-34-17-23-40(58-29-34)41(25-26-45(57)67)61-51(70)44-27-38-15-12-14-36-22-24-42(52(71)65(44)47(36)38)62-54(73)74-56(6,7)8/h12,14-15,17-21,23,29,31-32,39,41-44,49,66H,9-11,13,16,22,24-28,30H2,1-8H3,(H2,57,67)(H,60,69)(H,61,70)(H,62,73)(H,63,68)/t32-,39+,41-,42-,43-,44-,49+/m0/s1. The first kappa shape index (κ1) is 56.0. The van der Waals surface area contributed by atoms with Crippen molar-refractivity contribution in [1.29, 1.82) is 0 Å². The number of anilines is 1. The van der Waals surface area contributed by atoms with Crippen LogP contribution in [0.1, 0.15) is 146 Å². The van der Waals surface area contributed by atoms with E-state index in [4.69, 9.17) is 10.5 Å². The van der Waals surface area contributed by atoms with Crippen molar-refractivity contribution in [2.45, 2.75) is 174 Å². The van der Waals surface area contributed by atoms with Crippen LogP contribution in [0.15, 0.2) is 66.3 Å². The average Bonchev–Trinajstić information content (AvgIpc) is 4.06. The largest absolute Gasteiger partial charge is 0.444 e. The summed E-state index contributed by atoms with van der Waals surface area (Å²) in [5.74, 6) is -2.46. The minimum atomic E-state index is -0.938. The molecule has 0 unspecified atom stereocenters. The predicted molar refractivity (Wildman–Crippen MR) is 285 cm³/mol. The van der Waals surface area contributed by atoms with Gasteiger partial charge < -0.3 is 41.7 Å². The van der Waals surface area contributed by atoms with Gasteiger partial charge in [-0.25, -0.2) is 9.78 Å². The lowest BCUT2D eigenvalue weighted by Gasteiger charge is -2.35. The van der Waals surface area contributed by atoms with Gasteiger partial charge >= 0.3 is 6.09 Å². The summed E-state index contributed by atoms with van der Waals surface area (Å²) in [5, 5.41) is 22.5. The van der Waals surface area contributed by atoms with Crippen LogP contribution in [0.4, 0.5) is 10.5 Å². The third-order valence-corrected chi connectivity index (χ3v) is 15.0. The first-order valence-corrected chi connectivity index (χ1v) is 26.9. The van der Waals surface area contributed by atoms with Gasteiger partial charge in [-0.15, -0.1) is 11.3 Å². The molecule has 4 aromatic rings. The van der Waals surface area contributed by atoms with Gasteiger partial charge in [-0.2, -0.15) is 0 Å². The van der Waals surface area contributed by atoms with E-state index in [-0.39, 0.29) is 56.5 Å². The van der Waals surface area contributed by atoms with Crippen molar-refractivity contribution < 1.29 is 43.4 Å². The number of nitrogens with zero attached hydrogens (tertiary/aromatic N) is 4. The number of nitrogens with one attached hydrogen (secondary N) is 4. The summed E-state index contributed by atoms with van der Waals surface area (Å²) < 4.78 is 5.45. The number of hydrogen-bond donors (Lipinski definition) is 6. The Bertz CT molecular complexity index is 2730. The lowest BCUT2D eigenvalue weighted by atomic mass is 9.85. The zero-order chi connectivity index (χ0) is 54.4. The maximum absolute atomic E-state index is 14.3. The van der Waals surface area contributed by atoms with E-state index >= 15 is 0 Å². The molecule has 0 bridgehead atoms. The van der Waals surface area contributed by atoms with Crippen LogP contribution in [0.2, 0.25) is 0 Å². The molecule has 7 amide bonds. The number of β-amino-alcohol motifs (C(OH)–C–C–N with tert-alkyl or cyclic N) is 1. The van der Waals surface area contributed by atoms with Gasteiger partial charge in [0.05, 0.1) is 45.7 Å². The van der Waals surface area contributed by atoms with E-state index in [1.807, 2.05) is 88.7 Å². The first-order chi connectivity index (χ1) is 35.5. The summed E-state index contributed by atoms with van der Waals surface area (Å²) in [6.07, 6.45) is 4.31. The van der Waals surface area contributed by atoms with Gasteiger partial charge in [0.25, 0.3) is 0 Å². The normalized spacial score (nSPS) is 19.6. The average molecular weight is 1050 g/mol. The molecule has 3 aliphatic heterocycles. The molecule has 0 saturated carbocycles. The highest BCUT2D eigenvalue weighted by Gasteiger charge is 2.46. The quantitative estimate of drug-likeness (QED) is 0.0576. The Labute approximate surface area is 443 Å². The number of aryl methyl sites for hydroxylation is 3. The third kappa shape index (κ3) is 14.2. The van der Waals surface area contributed by atoms with E-state index in [2.05, 4.69) is 31.2 Å². The number of carbonyl (C=O) groups excluding carboxylic acids is 7. The molecule has 7 atom stereocenters. The maximum atomic E-state index is 14.3. The number of carbonyl (C=O) groups is 7. The summed E-state index contributed by atoms with van der Waals surface area (Å²) in [6.45, 7) is 14.6. The molecule has 402 valence electrons. The lowest BCUT2D eigenvalue weighted by Crippen LogP contribution is -2.57. The van der Waals surface area contributed by atoms with Crippen LogP contribution in [-0.2, 0) is 52.8 Å². The number of pyridine rings is 1. The van der Waals surface area contributed by atoms with Gasteiger partial charge in [-0.3, -0.25) is 38.7 Å². The topological polar surface area (TPSA) is 255 Å². The molecular weight excluding hydrogens is 975 g/mol. The number of para-hydroxylation sites is 1. The van der Waals surface area contributed by atoms with Gasteiger partial charge in [0, 0.05) is 38.4 Å². The number of aliphatic hydroxyl groups is 1. The minimum Gasteiger partial charge on any atom is -0.444 e. The van der Waals surface area contributed by atoms with Crippen molar-refractivity contribution >= 4 is 58.6 Å². The van der Waals surface area contributed by atoms with Gasteiger partial charge in [0.1, 0.15) is 29.8 Å². The molecule has 0 spiro atoms. The van der Waals surface area contributed by atoms with E-state index in [0.717, 1.165) is 44.8 Å². The fraction of sp³-hybridized carbons (Fsp3) is 0.518. The van der Waals surface area contributed by atoms with Crippen LogP contribution in [0.5, 0.6) is 0 Å². The highest BCUT2D eigenvalue weighted by molar-refractivity contribution is 7.13. The summed E-state index contributed by atoms with van der Waals surface area (Å²) in [5.41, 5.74) is 12.7. The van der Waals surface area contributed by atoms with Gasteiger partial charge in [0.2, 0.25) is 35.4 Å². The second-order valence-electron chi connectivity index (χ2n) is 22.2. The van der Waals surface area contributed by atoms with Crippen molar-refractivity contribution in [3.63, 3.8) is 0 Å². The van der Waals surface area contributed by atoms with Crippen LogP contribution in [-0.4, -0.2) is 104 Å². The number of thiazole rings is 1. The van der Waals surface area contributed by atoms with Crippen molar-refractivity contribution in [3.8, 4) is 10.4 Å². The molecule has 5 heterocycles. The number of likely N-dealkylation sites (tertiary alicyclic amines) is 1. The molecule has 75 heavy (non-hydrogen) atoms. The molecule has 0 radical (unpaired) electrons. The molecular formula is C56H73N9O9S. The minimum absolute atomic E-state index is 0.0177. The smallest absolute Gasteiger partial charge is 0.408 e. The second-order valence-corrected chi connectivity index (χ2v) is 23.0. The maximum Gasteiger partial charge on any atom is 0.408 e. The molecule has 7 rings (SSSR count). The third-order valence-electron chi connectivity index (χ3n) is 14.0. The SMILES string of the molecule is Cc1ncsc1-c1ccc([C@H](C)NC(=O)[C@@H]2C[C@@H](O)CN2C(=O)[C@@H](NC(=O)CCCCCc2ccc([C@H](CCC(N)=O)NC(=O)[C@@H]3Cc4cccc5c4N3C(=O)[C@@H](NC(=O)OC(C)(C)C)CC5)nc2)C(C)(C)C)cc1. The second kappa shape index (κ2) is 23.9. The Morgan fingerprint density at radius 3 is 2.25 bits per heavy atom. The van der Waals surface area contributed by atoms with E-state index in [9.17, 15) is 38.7 Å². The highest BCUT2D eigenvalue weighted by Crippen LogP contribution is 2.40. The summed E-state index contributed by atoms with van der Waals surface area (Å²) >= 11 is 1.57. The van der Waals surface area contributed by atoms with Crippen LogP contribution in [0.25, 0.3) is 10.4 Å². The molecule has 0 aliphatic carbocycles. The Balaban J connectivity index is 0.905. The van der Waals surface area contributed by atoms with Crippen molar-refractivity contribution in [2.24, 2.45) is 11.1 Å². The van der Waals surface area contributed by atoms with Crippen LogP contribution >= 0.6 is 11.3 Å². The Kier molecular flexibility index (Phi) is 17.8. The van der Waals surface area contributed by atoms with Crippen LogP contribution in [0, 0.1) is 12.3 Å². The Hall–Kier alpha value is -6.73. The molecule has 2 aromatic heterocycles. The van der Waals surface area contributed by atoms with Gasteiger partial charge in [-0.05, 0) is 112 Å².